The predicted octanol–water partition coefficient (Wildman–Crippen LogP) is 7.32. The lowest BCUT2D eigenvalue weighted by molar-refractivity contribution is -0.137. The molecule has 8 heteroatoms. The van der Waals surface area contributed by atoms with Gasteiger partial charge in [-0.1, -0.05) is 18.9 Å². The Balaban J connectivity index is 1.74. The van der Waals surface area contributed by atoms with Gasteiger partial charge in [-0.3, -0.25) is 4.90 Å². The number of alkyl halides is 3. The zero-order valence-electron chi connectivity index (χ0n) is 21.4. The largest absolute Gasteiger partial charge is 0.465 e. The summed E-state index contributed by atoms with van der Waals surface area (Å²) in [4.78, 5) is 16.0. The third kappa shape index (κ3) is 6.20. The number of halogens is 3. The normalized spacial score (nSPS) is 16.0. The number of hydrogen-bond acceptors (Lipinski definition) is 3. The molecule has 4 rings (SSSR count). The smallest absolute Gasteiger partial charge is 0.416 e. The van der Waals surface area contributed by atoms with Gasteiger partial charge < -0.3 is 10.0 Å². The van der Waals surface area contributed by atoms with E-state index in [-0.39, 0.29) is 17.7 Å². The zero-order valence-corrected chi connectivity index (χ0v) is 21.4. The number of rotatable bonds is 9. The van der Waals surface area contributed by atoms with E-state index in [1.165, 1.54) is 34.9 Å². The molecule has 1 atom stereocenters. The van der Waals surface area contributed by atoms with Crippen molar-refractivity contribution in [2.24, 2.45) is 5.92 Å². The van der Waals surface area contributed by atoms with Crippen molar-refractivity contribution >= 4 is 11.8 Å². The third-order valence-electron chi connectivity index (χ3n) is 7.71. The van der Waals surface area contributed by atoms with Crippen molar-refractivity contribution in [1.82, 2.24) is 4.90 Å². The van der Waals surface area contributed by atoms with Gasteiger partial charge in [-0.05, 0) is 92.8 Å². The maximum absolute atomic E-state index is 13.5. The van der Waals surface area contributed by atoms with Crippen LogP contribution in [0.5, 0.6) is 0 Å². The number of hydrogen-bond donors (Lipinski definition) is 1. The standard InChI is InChI=1S/C29H34F3N3O2/c1-3-34(13-12-20-8-9-20)26-11-10-23-6-4-5-7-25(23)27(26)19(2)35(28(36)37)18-22-14-21(17-33)15-24(16-22)29(30,31)32/h10-11,14-16,19-20H,3-9,12-13,18H2,1-2H3,(H,36,37). The molecule has 5 nitrogen and oxygen atoms in total. The first kappa shape index (κ1) is 26.8. The van der Waals surface area contributed by atoms with Gasteiger partial charge >= 0.3 is 12.3 Å². The molecule has 0 spiro atoms. The van der Waals surface area contributed by atoms with E-state index in [1.54, 1.807) is 6.07 Å². The summed E-state index contributed by atoms with van der Waals surface area (Å²) < 4.78 is 40.4. The highest BCUT2D eigenvalue weighted by atomic mass is 19.4. The lowest BCUT2D eigenvalue weighted by Crippen LogP contribution is -2.35. The molecule has 198 valence electrons. The van der Waals surface area contributed by atoms with Gasteiger partial charge in [0.15, 0.2) is 0 Å². The van der Waals surface area contributed by atoms with E-state index in [1.807, 2.05) is 6.92 Å². The van der Waals surface area contributed by atoms with Crippen molar-refractivity contribution in [2.75, 3.05) is 18.0 Å². The Hall–Kier alpha value is -3.21. The molecule has 1 unspecified atom stereocenters. The summed E-state index contributed by atoms with van der Waals surface area (Å²) in [5, 5.41) is 19.5. The molecule has 0 aliphatic heterocycles. The number of aryl methyl sites for hydroxylation is 1. The molecule has 0 aromatic heterocycles. The van der Waals surface area contributed by atoms with E-state index >= 15 is 0 Å². The Kier molecular flexibility index (Phi) is 8.01. The Labute approximate surface area is 216 Å². The second kappa shape index (κ2) is 11.0. The van der Waals surface area contributed by atoms with Crippen molar-refractivity contribution in [3.05, 3.63) is 63.7 Å². The Morgan fingerprint density at radius 1 is 1.19 bits per heavy atom. The maximum Gasteiger partial charge on any atom is 0.416 e. The summed E-state index contributed by atoms with van der Waals surface area (Å²) in [6, 6.07) is 8.54. The van der Waals surface area contributed by atoms with Gasteiger partial charge in [0.05, 0.1) is 23.2 Å². The average Bonchev–Trinajstić information content (AvgIpc) is 3.70. The predicted molar refractivity (Wildman–Crippen MR) is 136 cm³/mol. The van der Waals surface area contributed by atoms with Crippen molar-refractivity contribution in [3.63, 3.8) is 0 Å². The lowest BCUT2D eigenvalue weighted by Gasteiger charge is -2.36. The van der Waals surface area contributed by atoms with Crippen LogP contribution in [0.15, 0.2) is 30.3 Å². The molecule has 37 heavy (non-hydrogen) atoms. The number of nitriles is 1. The summed E-state index contributed by atoms with van der Waals surface area (Å²) in [6.45, 7) is 5.37. The Bertz CT molecular complexity index is 1180. The fourth-order valence-electron chi connectivity index (χ4n) is 5.51. The number of carbonyl (C=O) groups is 1. The van der Waals surface area contributed by atoms with Crippen molar-refractivity contribution < 1.29 is 23.1 Å². The highest BCUT2D eigenvalue weighted by Gasteiger charge is 2.33. The van der Waals surface area contributed by atoms with Crippen LogP contribution in [-0.2, 0) is 25.6 Å². The number of amides is 1. The van der Waals surface area contributed by atoms with E-state index in [0.717, 1.165) is 74.5 Å². The number of nitrogens with zero attached hydrogens (tertiary/aromatic N) is 3. The van der Waals surface area contributed by atoms with Gasteiger partial charge in [0.1, 0.15) is 0 Å². The number of carboxylic acid groups (broad SMARTS) is 1. The first-order valence-electron chi connectivity index (χ1n) is 13.1. The van der Waals surface area contributed by atoms with Gasteiger partial charge in [-0.15, -0.1) is 0 Å². The molecule has 0 heterocycles. The van der Waals surface area contributed by atoms with E-state index < -0.39 is 23.9 Å². The summed E-state index contributed by atoms with van der Waals surface area (Å²) >= 11 is 0. The quantitative estimate of drug-likeness (QED) is 0.381. The minimum Gasteiger partial charge on any atom is -0.465 e. The first-order valence-corrected chi connectivity index (χ1v) is 13.1. The minimum absolute atomic E-state index is 0.141. The molecule has 1 N–H and O–H groups in total. The second-order valence-corrected chi connectivity index (χ2v) is 10.3. The maximum atomic E-state index is 13.5. The van der Waals surface area contributed by atoms with Crippen molar-refractivity contribution in [1.29, 1.82) is 5.26 Å². The van der Waals surface area contributed by atoms with Crippen LogP contribution in [-0.4, -0.2) is 29.2 Å². The molecule has 2 aromatic carbocycles. The molecule has 2 aliphatic rings. The number of anilines is 1. The van der Waals surface area contributed by atoms with Crippen LogP contribution >= 0.6 is 0 Å². The molecular formula is C29H34F3N3O2. The van der Waals surface area contributed by atoms with Crippen molar-refractivity contribution in [2.45, 2.75) is 77.6 Å². The molecule has 2 aliphatic carbocycles. The van der Waals surface area contributed by atoms with Crippen molar-refractivity contribution in [3.8, 4) is 6.07 Å². The Morgan fingerprint density at radius 2 is 1.92 bits per heavy atom. The van der Waals surface area contributed by atoms with Crippen LogP contribution < -0.4 is 4.90 Å². The summed E-state index contributed by atoms with van der Waals surface area (Å²) in [7, 11) is 0. The highest BCUT2D eigenvalue weighted by molar-refractivity contribution is 5.68. The van der Waals surface area contributed by atoms with Crippen LogP contribution in [0.3, 0.4) is 0 Å². The lowest BCUT2D eigenvalue weighted by atomic mass is 9.84. The van der Waals surface area contributed by atoms with Gasteiger partial charge in [-0.25, -0.2) is 4.79 Å². The van der Waals surface area contributed by atoms with Crippen LogP contribution in [0, 0.1) is 17.2 Å². The van der Waals surface area contributed by atoms with Gasteiger partial charge in [0.25, 0.3) is 0 Å². The van der Waals surface area contributed by atoms with Crippen LogP contribution in [0.1, 0.15) is 85.4 Å². The SMILES string of the molecule is CCN(CCC1CC1)c1ccc2c(c1C(C)N(Cc1cc(C#N)cc(C(F)(F)F)c1)C(=O)O)CCCC2. The van der Waals surface area contributed by atoms with E-state index in [2.05, 4.69) is 24.0 Å². The highest BCUT2D eigenvalue weighted by Crippen LogP contribution is 2.40. The molecule has 1 fully saturated rings. The average molecular weight is 514 g/mol. The van der Waals surface area contributed by atoms with E-state index in [0.29, 0.717) is 0 Å². The zero-order chi connectivity index (χ0) is 26.7. The fraction of sp³-hybridized carbons (Fsp3) is 0.517. The van der Waals surface area contributed by atoms with Gasteiger partial charge in [-0.2, -0.15) is 18.4 Å². The molecule has 2 aromatic rings. The van der Waals surface area contributed by atoms with Crippen LogP contribution in [0.4, 0.5) is 23.7 Å². The molecular weight excluding hydrogens is 479 g/mol. The summed E-state index contributed by atoms with van der Waals surface area (Å²) in [5.74, 6) is 0.762. The van der Waals surface area contributed by atoms with Crippen LogP contribution in [0.25, 0.3) is 0 Å². The summed E-state index contributed by atoms with van der Waals surface area (Å²) in [6.07, 6.45) is 1.70. The number of fused-ring (bicyclic) bond motifs is 1. The minimum atomic E-state index is -4.63. The number of benzene rings is 2. The van der Waals surface area contributed by atoms with E-state index in [4.69, 9.17) is 0 Å². The second-order valence-electron chi connectivity index (χ2n) is 10.3. The Morgan fingerprint density at radius 3 is 2.54 bits per heavy atom. The van der Waals surface area contributed by atoms with Crippen LogP contribution in [0.2, 0.25) is 0 Å². The molecule has 0 radical (unpaired) electrons. The van der Waals surface area contributed by atoms with Gasteiger partial charge in [0, 0.05) is 30.9 Å². The summed E-state index contributed by atoms with van der Waals surface area (Å²) in [5.41, 5.74) is 3.44. The fourth-order valence-corrected chi connectivity index (χ4v) is 5.51. The van der Waals surface area contributed by atoms with E-state index in [9.17, 15) is 28.3 Å². The molecule has 0 bridgehead atoms. The molecule has 0 saturated heterocycles. The van der Waals surface area contributed by atoms with Gasteiger partial charge in [0.2, 0.25) is 0 Å². The molecule has 1 amide bonds. The first-order chi connectivity index (χ1) is 17.6. The molecule has 1 saturated carbocycles. The third-order valence-corrected chi connectivity index (χ3v) is 7.71. The topological polar surface area (TPSA) is 67.6 Å². The monoisotopic (exact) mass is 513 g/mol.